The number of hydrogen-bond donors (Lipinski definition) is 3. The van der Waals surface area contributed by atoms with Crippen molar-refractivity contribution >= 4 is 44.0 Å². The molecule has 1 heterocycles. The van der Waals surface area contributed by atoms with Gasteiger partial charge in [-0.25, -0.2) is 18.2 Å². The Bertz CT molecular complexity index is 1970. The molecule has 15 heteroatoms. The predicted octanol–water partition coefficient (Wildman–Crippen LogP) is 6.43. The van der Waals surface area contributed by atoms with Gasteiger partial charge in [-0.05, 0) is 93.6 Å². The van der Waals surface area contributed by atoms with E-state index in [1.165, 1.54) is 67.7 Å². The molecule has 0 aliphatic carbocycles. The van der Waals surface area contributed by atoms with Gasteiger partial charge in [0.2, 0.25) is 0 Å². The zero-order valence-electron chi connectivity index (χ0n) is 28.1. The number of sulfone groups is 1. The van der Waals surface area contributed by atoms with E-state index < -0.39 is 39.7 Å². The van der Waals surface area contributed by atoms with E-state index in [4.69, 9.17) is 19.9 Å². The van der Waals surface area contributed by atoms with Crippen molar-refractivity contribution in [2.45, 2.75) is 70.0 Å². The Morgan fingerprint density at radius 1 is 0.960 bits per heavy atom. The van der Waals surface area contributed by atoms with Crippen molar-refractivity contribution in [3.63, 3.8) is 0 Å². The highest BCUT2D eigenvalue weighted by molar-refractivity contribution is 7.91. The summed E-state index contributed by atoms with van der Waals surface area (Å²) >= 11 is 0. The molecule has 50 heavy (non-hydrogen) atoms. The number of anilines is 2. The molecule has 0 aliphatic rings. The van der Waals surface area contributed by atoms with Gasteiger partial charge in [-0.1, -0.05) is 25.1 Å². The van der Waals surface area contributed by atoms with Crippen LogP contribution < -0.4 is 25.8 Å². The molecule has 0 aliphatic heterocycles. The average Bonchev–Trinajstić information content (AvgIpc) is 3.04. The van der Waals surface area contributed by atoms with Crippen LogP contribution in [0.15, 0.2) is 77.8 Å². The van der Waals surface area contributed by atoms with Gasteiger partial charge in [0.1, 0.15) is 5.82 Å². The molecule has 0 bridgehead atoms. The summed E-state index contributed by atoms with van der Waals surface area (Å²) in [5.41, 5.74) is 3.06. The van der Waals surface area contributed by atoms with Crippen molar-refractivity contribution in [2.75, 3.05) is 23.4 Å². The van der Waals surface area contributed by atoms with Crippen LogP contribution in [-0.4, -0.2) is 49.9 Å². The number of pyridine rings is 1. The third-order valence-electron chi connectivity index (χ3n) is 7.47. The number of fused-ring (bicyclic) bond motifs is 1. The fourth-order valence-electron chi connectivity index (χ4n) is 5.29. The summed E-state index contributed by atoms with van der Waals surface area (Å²) < 4.78 is 84.9. The monoisotopic (exact) mass is 716 g/mol. The molecule has 0 saturated heterocycles. The molecule has 1 amide bonds. The first-order chi connectivity index (χ1) is 23.5. The lowest BCUT2D eigenvalue weighted by Gasteiger charge is -2.35. The number of ether oxygens (including phenoxy) is 3. The number of nitrogens with two attached hydrogens (primary N) is 1. The number of esters is 1. The Balaban J connectivity index is 1.95. The molecular weight excluding hydrogens is 677 g/mol. The van der Waals surface area contributed by atoms with Crippen LogP contribution in [-0.2, 0) is 29.9 Å². The number of hydrogen-bond acceptors (Lipinski definition) is 10. The molecule has 11 nitrogen and oxygen atoms in total. The minimum atomic E-state index is -5.52. The van der Waals surface area contributed by atoms with Crippen LogP contribution in [0.4, 0.5) is 24.7 Å². The lowest BCUT2D eigenvalue weighted by molar-refractivity contribution is -0.213. The number of rotatable bonds is 14. The summed E-state index contributed by atoms with van der Waals surface area (Å²) in [5.74, 6) is -3.63. The summed E-state index contributed by atoms with van der Waals surface area (Å²) in [6.07, 6.45) is -4.09. The third-order valence-corrected chi connectivity index (χ3v) is 9.45. The molecule has 0 saturated carbocycles. The van der Waals surface area contributed by atoms with Crippen molar-refractivity contribution in [1.82, 2.24) is 10.3 Å². The van der Waals surface area contributed by atoms with Gasteiger partial charge < -0.3 is 30.6 Å². The van der Waals surface area contributed by atoms with Crippen molar-refractivity contribution in [2.24, 2.45) is 0 Å². The van der Waals surface area contributed by atoms with Crippen LogP contribution in [0, 0.1) is 0 Å². The second kappa shape index (κ2) is 15.2. The first-order valence-corrected chi connectivity index (χ1v) is 17.5. The molecule has 0 spiro atoms. The molecule has 4 rings (SSSR count). The van der Waals surface area contributed by atoms with Gasteiger partial charge >= 0.3 is 12.1 Å². The molecule has 1 aromatic heterocycles. The molecule has 2 unspecified atom stereocenters. The van der Waals surface area contributed by atoms with Crippen molar-refractivity contribution in [3.05, 3.63) is 84.1 Å². The molecule has 3 aromatic carbocycles. The lowest BCUT2D eigenvalue weighted by atomic mass is 9.98. The molecule has 268 valence electrons. The van der Waals surface area contributed by atoms with Crippen molar-refractivity contribution < 1.29 is 45.4 Å². The molecular formula is C35H39F3N4O7S. The standard InChI is InChI=1S/C35H39F3N4O7S/c1-6-18-50(45,46)30-11-9-8-10-26(30)22(5)41-32(43)34(49-33(44)35(36,37)38,24-12-15-28(48-21(3)4)29(20-24)47-7-2)42-25-13-14-27-23(19-25)16-17-40-31(27)39/h8-17,19-22,42H,6-7,18H2,1-5H3,(H2,39,40)(H,41,43). The topological polar surface area (TPSA) is 159 Å². The van der Waals surface area contributed by atoms with Crippen LogP contribution in [0.1, 0.15) is 58.2 Å². The van der Waals surface area contributed by atoms with E-state index in [0.717, 1.165) is 0 Å². The van der Waals surface area contributed by atoms with Gasteiger partial charge in [-0.2, -0.15) is 13.2 Å². The molecule has 4 aromatic rings. The predicted molar refractivity (Wildman–Crippen MR) is 182 cm³/mol. The Hall–Kier alpha value is -5.05. The minimum Gasteiger partial charge on any atom is -0.490 e. The first kappa shape index (κ1) is 37.8. The highest BCUT2D eigenvalue weighted by Crippen LogP contribution is 2.39. The van der Waals surface area contributed by atoms with Gasteiger partial charge in [0.05, 0.1) is 29.4 Å². The van der Waals surface area contributed by atoms with Crippen LogP contribution in [0.5, 0.6) is 11.5 Å². The fourth-order valence-corrected chi connectivity index (χ4v) is 6.94. The van der Waals surface area contributed by atoms with Gasteiger partial charge in [0.25, 0.3) is 11.6 Å². The maximum atomic E-state index is 14.6. The van der Waals surface area contributed by atoms with Crippen molar-refractivity contribution in [3.8, 4) is 11.5 Å². The van der Waals surface area contributed by atoms with E-state index in [2.05, 4.69) is 15.6 Å². The summed E-state index contributed by atoms with van der Waals surface area (Å²) in [4.78, 5) is 31.3. The maximum absolute atomic E-state index is 14.6. The molecule has 0 radical (unpaired) electrons. The number of aromatic nitrogens is 1. The Morgan fingerprint density at radius 3 is 2.34 bits per heavy atom. The smallest absolute Gasteiger partial charge is 0.490 e. The maximum Gasteiger partial charge on any atom is 0.491 e. The lowest BCUT2D eigenvalue weighted by Crippen LogP contribution is -2.55. The van der Waals surface area contributed by atoms with Crippen LogP contribution in [0.25, 0.3) is 10.8 Å². The molecule has 2 atom stereocenters. The van der Waals surface area contributed by atoms with Crippen LogP contribution >= 0.6 is 0 Å². The average molecular weight is 717 g/mol. The highest BCUT2D eigenvalue weighted by Gasteiger charge is 2.52. The fraction of sp³-hybridized carbons (Fsp3) is 0.343. The summed E-state index contributed by atoms with van der Waals surface area (Å²) in [7, 11) is -3.79. The summed E-state index contributed by atoms with van der Waals surface area (Å²) in [6.45, 7) is 8.48. The van der Waals surface area contributed by atoms with Gasteiger partial charge in [-0.15, -0.1) is 0 Å². The Morgan fingerprint density at radius 2 is 1.68 bits per heavy atom. The van der Waals surface area contributed by atoms with E-state index in [0.29, 0.717) is 17.2 Å². The Kier molecular flexibility index (Phi) is 11.5. The number of carbonyl (C=O) groups excluding carboxylic acids is 2. The summed E-state index contributed by atoms with van der Waals surface area (Å²) in [6, 6.07) is 14.8. The Labute approximate surface area is 288 Å². The zero-order valence-corrected chi connectivity index (χ0v) is 28.9. The van der Waals surface area contributed by atoms with E-state index in [9.17, 15) is 31.2 Å². The number of carbonyl (C=O) groups is 2. The number of nitrogens with zero attached hydrogens (tertiary/aromatic N) is 1. The largest absolute Gasteiger partial charge is 0.491 e. The van der Waals surface area contributed by atoms with E-state index >= 15 is 0 Å². The zero-order chi connectivity index (χ0) is 36.9. The molecule has 4 N–H and O–H groups in total. The normalized spacial score (nSPS) is 13.7. The number of alkyl halides is 3. The van der Waals surface area contributed by atoms with E-state index in [1.807, 2.05) is 0 Å². The molecule has 0 fully saturated rings. The number of halogens is 3. The number of nitrogens with one attached hydrogen (secondary N) is 2. The third kappa shape index (κ3) is 8.38. The van der Waals surface area contributed by atoms with Crippen LogP contribution in [0.2, 0.25) is 0 Å². The number of benzene rings is 3. The first-order valence-electron chi connectivity index (χ1n) is 15.8. The quantitative estimate of drug-likeness (QED) is 0.0980. The number of nitrogen functional groups attached to an aromatic ring is 1. The van der Waals surface area contributed by atoms with Crippen molar-refractivity contribution in [1.29, 1.82) is 0 Å². The van der Waals surface area contributed by atoms with Gasteiger partial charge in [-0.3, -0.25) is 4.79 Å². The van der Waals surface area contributed by atoms with Crippen LogP contribution in [0.3, 0.4) is 0 Å². The highest BCUT2D eigenvalue weighted by atomic mass is 32.2. The van der Waals surface area contributed by atoms with Gasteiger partial charge in [0.15, 0.2) is 21.3 Å². The SMILES string of the molecule is CCCS(=O)(=O)c1ccccc1C(C)NC(=O)C(Nc1ccc2c(N)nccc2c1)(OC(=O)C(F)(F)F)c1ccc(OC(C)C)c(OCC)c1. The second-order valence-electron chi connectivity index (χ2n) is 11.6. The van der Waals surface area contributed by atoms with E-state index in [1.54, 1.807) is 39.8 Å². The number of amides is 1. The minimum absolute atomic E-state index is 0.0575. The van der Waals surface area contributed by atoms with E-state index in [-0.39, 0.29) is 57.5 Å². The van der Waals surface area contributed by atoms with Gasteiger partial charge in [0, 0.05) is 22.8 Å². The summed E-state index contributed by atoms with van der Waals surface area (Å²) in [5, 5.41) is 6.38. The second-order valence-corrected chi connectivity index (χ2v) is 13.7.